The van der Waals surface area contributed by atoms with E-state index in [4.69, 9.17) is 15.0 Å². The number of allylic oxidation sites excluding steroid dienone is 4. The maximum Gasteiger partial charge on any atom is 0.238 e. The minimum absolute atomic E-state index is 0.0584. The first-order chi connectivity index (χ1) is 23.8. The summed E-state index contributed by atoms with van der Waals surface area (Å²) in [5.74, 6) is 1.96. The van der Waals surface area contributed by atoms with Gasteiger partial charge in [0, 0.05) is 32.7 Å². The first-order valence-electron chi connectivity index (χ1n) is 17.4. The normalized spacial score (nSPS) is 16.6. The van der Waals surface area contributed by atoms with Gasteiger partial charge in [-0.05, 0) is 76.1 Å². The molecule has 0 spiro atoms. The van der Waals surface area contributed by atoms with Crippen molar-refractivity contribution in [2.75, 3.05) is 0 Å². The smallest absolute Gasteiger partial charge is 0.238 e. The third-order valence-corrected chi connectivity index (χ3v) is 11.4. The molecule has 4 heteroatoms. The highest BCUT2D eigenvalue weighted by Gasteiger charge is 2.39. The van der Waals surface area contributed by atoms with E-state index in [0.717, 1.165) is 35.0 Å². The van der Waals surface area contributed by atoms with Gasteiger partial charge in [0.1, 0.15) is 0 Å². The Hall–Kier alpha value is -5.61. The lowest BCUT2D eigenvalue weighted by atomic mass is 9.78. The van der Waals surface area contributed by atoms with Crippen molar-refractivity contribution in [2.24, 2.45) is 0 Å². The summed E-state index contributed by atoms with van der Waals surface area (Å²) in [7, 11) is 0. The number of aromatic nitrogens is 4. The maximum atomic E-state index is 5.26. The number of hydrogen-bond acceptors (Lipinski definition) is 3. The molecule has 0 fully saturated rings. The highest BCUT2D eigenvalue weighted by atomic mass is 15.2. The Bertz CT molecular complexity index is 2530. The summed E-state index contributed by atoms with van der Waals surface area (Å²) < 4.78 is 2.31. The third-order valence-electron chi connectivity index (χ3n) is 11.4. The van der Waals surface area contributed by atoms with E-state index in [1.807, 2.05) is 36.4 Å². The first-order valence-corrected chi connectivity index (χ1v) is 17.4. The molecule has 0 atom stereocenters. The van der Waals surface area contributed by atoms with Gasteiger partial charge in [-0.3, -0.25) is 4.57 Å². The average Bonchev–Trinajstić information content (AvgIpc) is 3.67. The summed E-state index contributed by atoms with van der Waals surface area (Å²) in [6.07, 6.45) is 6.90. The van der Waals surface area contributed by atoms with Crippen LogP contribution in [0.5, 0.6) is 0 Å². The van der Waals surface area contributed by atoms with Crippen LogP contribution in [0.4, 0.5) is 0 Å². The molecule has 7 aromatic rings. The van der Waals surface area contributed by atoms with Gasteiger partial charge in [-0.1, -0.05) is 130 Å². The standard InChI is InChI=1S/C45H36N4/c1-44(2)35-21-13-11-19-29(35)31-23-33-34-24-32-30-20-12-14-22-36(30)45(3,4)38(32)26-40(34)49(39(33)25-37(31)44)43-47-41(27-15-7-5-8-16-27)46-42(48-43)28-17-9-6-10-18-28/h5-13,15-21,23-26H,14,22H2,1-4H3. The molecule has 0 unspecified atom stereocenters. The first kappa shape index (κ1) is 28.4. The molecule has 4 nitrogen and oxygen atoms in total. The predicted molar refractivity (Wildman–Crippen MR) is 201 cm³/mol. The van der Waals surface area contributed by atoms with Crippen LogP contribution in [0, 0.1) is 0 Å². The lowest BCUT2D eigenvalue weighted by molar-refractivity contribution is 0.608. The molecular weight excluding hydrogens is 597 g/mol. The third kappa shape index (κ3) is 3.95. The quantitative estimate of drug-likeness (QED) is 0.195. The van der Waals surface area contributed by atoms with Crippen LogP contribution < -0.4 is 0 Å². The Balaban J connectivity index is 1.33. The van der Waals surface area contributed by atoms with Crippen molar-refractivity contribution in [3.63, 3.8) is 0 Å². The predicted octanol–water partition coefficient (Wildman–Crippen LogP) is 11.0. The van der Waals surface area contributed by atoms with Crippen molar-refractivity contribution in [1.29, 1.82) is 0 Å². The topological polar surface area (TPSA) is 43.6 Å². The van der Waals surface area contributed by atoms with Crippen LogP contribution in [0.3, 0.4) is 0 Å². The van der Waals surface area contributed by atoms with Crippen LogP contribution in [0.25, 0.3) is 67.2 Å². The second-order valence-corrected chi connectivity index (χ2v) is 14.8. The lowest BCUT2D eigenvalue weighted by Crippen LogP contribution is -2.18. The van der Waals surface area contributed by atoms with Gasteiger partial charge in [0.05, 0.1) is 11.0 Å². The molecule has 2 aromatic heterocycles. The van der Waals surface area contributed by atoms with E-state index in [9.17, 15) is 0 Å². The number of fused-ring (bicyclic) bond motifs is 8. The van der Waals surface area contributed by atoms with E-state index < -0.39 is 0 Å². The van der Waals surface area contributed by atoms with Crippen molar-refractivity contribution in [3.8, 4) is 39.9 Å². The second-order valence-electron chi connectivity index (χ2n) is 14.8. The van der Waals surface area contributed by atoms with Gasteiger partial charge < -0.3 is 0 Å². The average molecular weight is 633 g/mol. The molecule has 3 aliphatic carbocycles. The monoisotopic (exact) mass is 632 g/mol. The Morgan fingerprint density at radius 2 is 1.12 bits per heavy atom. The van der Waals surface area contributed by atoms with E-state index in [2.05, 4.69) is 117 Å². The molecular formula is C45H36N4. The van der Waals surface area contributed by atoms with Crippen LogP contribution in [0.2, 0.25) is 0 Å². The molecule has 0 amide bonds. The summed E-state index contributed by atoms with van der Waals surface area (Å²) in [6, 6.07) is 39.2. The van der Waals surface area contributed by atoms with Crippen molar-refractivity contribution in [2.45, 2.75) is 51.4 Å². The van der Waals surface area contributed by atoms with Crippen molar-refractivity contribution >= 4 is 27.4 Å². The zero-order valence-corrected chi connectivity index (χ0v) is 28.3. The van der Waals surface area contributed by atoms with Crippen molar-refractivity contribution < 1.29 is 0 Å². The summed E-state index contributed by atoms with van der Waals surface area (Å²) in [4.78, 5) is 15.6. The summed E-state index contributed by atoms with van der Waals surface area (Å²) in [5.41, 5.74) is 15.0. The summed E-state index contributed by atoms with van der Waals surface area (Å²) >= 11 is 0. The molecule has 10 rings (SSSR count). The van der Waals surface area contributed by atoms with E-state index in [1.54, 1.807) is 5.57 Å². The highest BCUT2D eigenvalue weighted by molar-refractivity contribution is 6.13. The Morgan fingerprint density at radius 1 is 0.551 bits per heavy atom. The fourth-order valence-electron chi connectivity index (χ4n) is 8.84. The summed E-state index contributed by atoms with van der Waals surface area (Å²) in [5, 5.41) is 2.45. The van der Waals surface area contributed by atoms with Gasteiger partial charge in [0.2, 0.25) is 5.95 Å². The Kier molecular flexibility index (Phi) is 5.77. The van der Waals surface area contributed by atoms with Gasteiger partial charge in [-0.25, -0.2) is 4.98 Å². The summed E-state index contributed by atoms with van der Waals surface area (Å²) in [6.45, 7) is 9.48. The van der Waals surface area contributed by atoms with Crippen LogP contribution in [0.15, 0.2) is 127 Å². The molecule has 5 aromatic carbocycles. The van der Waals surface area contributed by atoms with E-state index in [0.29, 0.717) is 17.6 Å². The fraction of sp³-hybridized carbons (Fsp3) is 0.178. The van der Waals surface area contributed by atoms with Crippen LogP contribution in [-0.2, 0) is 10.8 Å². The number of rotatable bonds is 3. The molecule has 0 saturated carbocycles. The minimum Gasteiger partial charge on any atom is -0.278 e. The number of hydrogen-bond donors (Lipinski definition) is 0. The lowest BCUT2D eigenvalue weighted by Gasteiger charge is -2.25. The number of nitrogens with zero attached hydrogens (tertiary/aromatic N) is 4. The largest absolute Gasteiger partial charge is 0.278 e. The van der Waals surface area contributed by atoms with Crippen LogP contribution in [-0.4, -0.2) is 19.5 Å². The molecule has 0 aliphatic heterocycles. The maximum absolute atomic E-state index is 5.26. The van der Waals surface area contributed by atoms with Gasteiger partial charge >= 0.3 is 0 Å². The van der Waals surface area contributed by atoms with Gasteiger partial charge in [-0.2, -0.15) is 9.97 Å². The molecule has 0 bridgehead atoms. The molecule has 3 aliphatic rings. The van der Waals surface area contributed by atoms with Crippen LogP contribution in [0.1, 0.15) is 62.8 Å². The Labute approximate surface area is 286 Å². The zero-order chi connectivity index (χ0) is 33.1. The van der Waals surface area contributed by atoms with E-state index >= 15 is 0 Å². The molecule has 2 heterocycles. The van der Waals surface area contributed by atoms with E-state index in [-0.39, 0.29) is 10.8 Å². The van der Waals surface area contributed by atoms with Gasteiger partial charge in [-0.15, -0.1) is 0 Å². The van der Waals surface area contributed by atoms with Crippen LogP contribution >= 0.6 is 0 Å². The zero-order valence-electron chi connectivity index (χ0n) is 28.3. The Morgan fingerprint density at radius 3 is 1.78 bits per heavy atom. The molecule has 0 radical (unpaired) electrons. The van der Waals surface area contributed by atoms with Gasteiger partial charge in [0.15, 0.2) is 11.6 Å². The molecule has 0 saturated heterocycles. The molecule has 0 N–H and O–H groups in total. The number of benzene rings is 5. The van der Waals surface area contributed by atoms with Gasteiger partial charge in [0.25, 0.3) is 0 Å². The van der Waals surface area contributed by atoms with Crippen molar-refractivity contribution in [3.05, 3.63) is 149 Å². The van der Waals surface area contributed by atoms with Crippen molar-refractivity contribution in [1.82, 2.24) is 19.5 Å². The molecule has 49 heavy (non-hydrogen) atoms. The fourth-order valence-corrected chi connectivity index (χ4v) is 8.84. The minimum atomic E-state index is -0.138. The van der Waals surface area contributed by atoms with E-state index in [1.165, 1.54) is 49.7 Å². The highest BCUT2D eigenvalue weighted by Crippen LogP contribution is 2.54. The second kappa shape index (κ2) is 9.96. The molecule has 236 valence electrons. The SMILES string of the molecule is CC1(C)C2=C(C=CCC2)c2cc3c4cc5c(cc4n(-c4nc(-c6ccccc6)nc(-c6ccccc6)n4)c3cc21)C(C)(C)c1ccccc1-5.